The van der Waals surface area contributed by atoms with Gasteiger partial charge in [-0.15, -0.1) is 0 Å². The zero-order valence-corrected chi connectivity index (χ0v) is 11.0. The molecule has 0 spiro atoms. The number of ether oxygens (including phenoxy) is 1. The Morgan fingerprint density at radius 3 is 2.72 bits per heavy atom. The van der Waals surface area contributed by atoms with Crippen molar-refractivity contribution in [3.05, 3.63) is 0 Å². The van der Waals surface area contributed by atoms with Crippen molar-refractivity contribution in [1.82, 2.24) is 15.8 Å². The molecule has 0 radical (unpaired) electrons. The normalized spacial score (nSPS) is 21.3. The smallest absolute Gasteiger partial charge is 0.422 e. The summed E-state index contributed by atoms with van der Waals surface area (Å²) >= 11 is 0. The second-order valence-corrected chi connectivity index (χ2v) is 5.41. The number of hydrogen-bond acceptors (Lipinski definition) is 4. The van der Waals surface area contributed by atoms with E-state index in [2.05, 4.69) is 10.9 Å². The number of hydrazine groups is 1. The second-order valence-electron chi connectivity index (χ2n) is 5.41. The molecular formula is C11H21F2N3O2. The van der Waals surface area contributed by atoms with E-state index in [1.807, 2.05) is 0 Å². The molecule has 5 nitrogen and oxygen atoms in total. The molecular weight excluding hydrogens is 244 g/mol. The van der Waals surface area contributed by atoms with Crippen LogP contribution >= 0.6 is 0 Å². The van der Waals surface area contributed by atoms with Gasteiger partial charge in [-0.25, -0.2) is 19.0 Å². The standard InChI is InChI=1S/C11H21F2N3O2/c1-11(2,3)18-10(17)15-14-8-4-5-16(6-8)7-9(12)13/h8-9,14H,4-7H2,1-3H3,(H,15,17)/t8-/m1/s1. The van der Waals surface area contributed by atoms with Crippen molar-refractivity contribution in [2.75, 3.05) is 19.6 Å². The van der Waals surface area contributed by atoms with E-state index in [-0.39, 0.29) is 12.6 Å². The van der Waals surface area contributed by atoms with E-state index in [1.165, 1.54) is 0 Å². The van der Waals surface area contributed by atoms with Crippen LogP contribution in [0.15, 0.2) is 0 Å². The molecule has 1 fully saturated rings. The van der Waals surface area contributed by atoms with E-state index in [0.29, 0.717) is 13.1 Å². The molecule has 1 atom stereocenters. The lowest BCUT2D eigenvalue weighted by Crippen LogP contribution is -2.47. The van der Waals surface area contributed by atoms with Gasteiger partial charge >= 0.3 is 6.09 Å². The van der Waals surface area contributed by atoms with Crippen molar-refractivity contribution >= 4 is 6.09 Å². The molecule has 18 heavy (non-hydrogen) atoms. The zero-order valence-electron chi connectivity index (χ0n) is 11.0. The van der Waals surface area contributed by atoms with Gasteiger partial charge < -0.3 is 4.74 Å². The van der Waals surface area contributed by atoms with E-state index in [1.54, 1.807) is 25.7 Å². The number of carbonyl (C=O) groups is 1. The Balaban J connectivity index is 2.19. The van der Waals surface area contributed by atoms with Gasteiger partial charge in [-0.05, 0) is 27.2 Å². The first-order valence-corrected chi connectivity index (χ1v) is 6.01. The van der Waals surface area contributed by atoms with Crippen molar-refractivity contribution in [3.63, 3.8) is 0 Å². The zero-order chi connectivity index (χ0) is 13.8. The minimum atomic E-state index is -2.32. The summed E-state index contributed by atoms with van der Waals surface area (Å²) in [5.74, 6) is 0. The first-order chi connectivity index (χ1) is 8.26. The number of amides is 1. The van der Waals surface area contributed by atoms with Crippen LogP contribution < -0.4 is 10.9 Å². The van der Waals surface area contributed by atoms with Gasteiger partial charge in [0, 0.05) is 19.1 Å². The third-order valence-corrected chi connectivity index (χ3v) is 2.45. The van der Waals surface area contributed by atoms with Gasteiger partial charge in [-0.3, -0.25) is 10.3 Å². The summed E-state index contributed by atoms with van der Waals surface area (Å²) in [4.78, 5) is 13.0. The maximum atomic E-state index is 12.2. The molecule has 1 aliphatic rings. The molecule has 0 saturated carbocycles. The summed E-state index contributed by atoms with van der Waals surface area (Å²) in [7, 11) is 0. The molecule has 0 unspecified atom stereocenters. The quantitative estimate of drug-likeness (QED) is 0.754. The fraction of sp³-hybridized carbons (Fsp3) is 0.909. The largest absolute Gasteiger partial charge is 0.443 e. The monoisotopic (exact) mass is 265 g/mol. The Morgan fingerprint density at radius 1 is 1.50 bits per heavy atom. The van der Waals surface area contributed by atoms with Gasteiger partial charge in [-0.1, -0.05) is 0 Å². The van der Waals surface area contributed by atoms with Gasteiger partial charge in [0.05, 0.1) is 6.54 Å². The molecule has 1 rings (SSSR count). The van der Waals surface area contributed by atoms with E-state index in [9.17, 15) is 13.6 Å². The highest BCUT2D eigenvalue weighted by atomic mass is 19.3. The highest BCUT2D eigenvalue weighted by molar-refractivity contribution is 5.67. The van der Waals surface area contributed by atoms with Crippen LogP contribution in [0.2, 0.25) is 0 Å². The van der Waals surface area contributed by atoms with Crippen molar-refractivity contribution in [2.24, 2.45) is 0 Å². The molecule has 1 aliphatic heterocycles. The summed E-state index contributed by atoms with van der Waals surface area (Å²) in [5, 5.41) is 0. The molecule has 1 amide bonds. The van der Waals surface area contributed by atoms with E-state index in [4.69, 9.17) is 4.74 Å². The number of nitrogens with zero attached hydrogens (tertiary/aromatic N) is 1. The molecule has 1 saturated heterocycles. The lowest BCUT2D eigenvalue weighted by atomic mass is 10.2. The highest BCUT2D eigenvalue weighted by Crippen LogP contribution is 2.10. The van der Waals surface area contributed by atoms with E-state index in [0.717, 1.165) is 6.42 Å². The predicted molar refractivity (Wildman–Crippen MR) is 63.4 cm³/mol. The molecule has 1 heterocycles. The first kappa shape index (κ1) is 15.1. The number of carbonyl (C=O) groups excluding carboxylic acids is 1. The van der Waals surface area contributed by atoms with Crippen LogP contribution in [-0.4, -0.2) is 48.7 Å². The van der Waals surface area contributed by atoms with Gasteiger partial charge in [0.15, 0.2) is 0 Å². The summed E-state index contributed by atoms with van der Waals surface area (Å²) < 4.78 is 29.4. The lowest BCUT2D eigenvalue weighted by molar-refractivity contribution is 0.0485. The van der Waals surface area contributed by atoms with Crippen molar-refractivity contribution < 1.29 is 18.3 Å². The Labute approximate surface area is 106 Å². The van der Waals surface area contributed by atoms with Crippen molar-refractivity contribution in [3.8, 4) is 0 Å². The molecule has 0 aromatic carbocycles. The summed E-state index contributed by atoms with van der Waals surface area (Å²) in [6, 6.07) is -0.0173. The third kappa shape index (κ3) is 6.11. The van der Waals surface area contributed by atoms with Gasteiger partial charge in [0.25, 0.3) is 6.43 Å². The van der Waals surface area contributed by atoms with Crippen LogP contribution in [0.5, 0.6) is 0 Å². The SMILES string of the molecule is CC(C)(C)OC(=O)NN[C@@H]1CCN(CC(F)F)C1. The van der Waals surface area contributed by atoms with Crippen LogP contribution in [-0.2, 0) is 4.74 Å². The van der Waals surface area contributed by atoms with Gasteiger partial charge in [0.1, 0.15) is 5.60 Å². The molecule has 0 aliphatic carbocycles. The number of rotatable bonds is 4. The molecule has 0 aromatic rings. The molecule has 0 bridgehead atoms. The van der Waals surface area contributed by atoms with E-state index < -0.39 is 18.1 Å². The van der Waals surface area contributed by atoms with Crippen LogP contribution in [0.3, 0.4) is 0 Å². The van der Waals surface area contributed by atoms with E-state index >= 15 is 0 Å². The Bertz CT molecular complexity index is 282. The Kier molecular flexibility index (Phi) is 5.28. The summed E-state index contributed by atoms with van der Waals surface area (Å²) in [5.41, 5.74) is 4.67. The second kappa shape index (κ2) is 6.29. The maximum Gasteiger partial charge on any atom is 0.422 e. The van der Waals surface area contributed by atoms with Crippen LogP contribution in [0.4, 0.5) is 13.6 Å². The number of halogens is 2. The maximum absolute atomic E-state index is 12.2. The highest BCUT2D eigenvalue weighted by Gasteiger charge is 2.25. The summed E-state index contributed by atoms with van der Waals surface area (Å²) in [6.07, 6.45) is -2.15. The average Bonchev–Trinajstić information content (AvgIpc) is 2.59. The fourth-order valence-electron chi connectivity index (χ4n) is 1.78. The fourth-order valence-corrected chi connectivity index (χ4v) is 1.78. The minimum absolute atomic E-state index is 0.0173. The first-order valence-electron chi connectivity index (χ1n) is 6.01. The Hall–Kier alpha value is -0.950. The number of alkyl halides is 2. The minimum Gasteiger partial charge on any atom is -0.443 e. The molecule has 0 aromatic heterocycles. The van der Waals surface area contributed by atoms with Crippen LogP contribution in [0, 0.1) is 0 Å². The molecule has 7 heteroatoms. The summed E-state index contributed by atoms with van der Waals surface area (Å²) in [6.45, 7) is 6.20. The van der Waals surface area contributed by atoms with Crippen molar-refractivity contribution in [1.29, 1.82) is 0 Å². The molecule has 106 valence electrons. The average molecular weight is 265 g/mol. The Morgan fingerprint density at radius 2 is 2.17 bits per heavy atom. The predicted octanol–water partition coefficient (Wildman–Crippen LogP) is 1.36. The third-order valence-electron chi connectivity index (χ3n) is 2.45. The number of likely N-dealkylation sites (tertiary alicyclic amines) is 1. The van der Waals surface area contributed by atoms with Crippen molar-refractivity contribution in [2.45, 2.75) is 45.3 Å². The molecule has 2 N–H and O–H groups in total. The lowest BCUT2D eigenvalue weighted by Gasteiger charge is -2.21. The number of nitrogens with one attached hydrogen (secondary N) is 2. The van der Waals surface area contributed by atoms with Crippen LogP contribution in [0.1, 0.15) is 27.2 Å². The number of hydrogen-bond donors (Lipinski definition) is 2. The van der Waals surface area contributed by atoms with Gasteiger partial charge in [0.2, 0.25) is 0 Å². The van der Waals surface area contributed by atoms with Crippen LogP contribution in [0.25, 0.3) is 0 Å². The topological polar surface area (TPSA) is 53.6 Å². The van der Waals surface area contributed by atoms with Gasteiger partial charge in [-0.2, -0.15) is 0 Å².